The van der Waals surface area contributed by atoms with E-state index >= 15 is 0 Å². The number of benzene rings is 2. The molecule has 2 aromatic heterocycles. The predicted octanol–water partition coefficient (Wildman–Crippen LogP) is 3.28. The molecular formula is C24H27N7O5. The number of nitrogens with two attached hydrogens (primary N) is 1. The van der Waals surface area contributed by atoms with Gasteiger partial charge in [0.05, 0.1) is 27.0 Å². The van der Waals surface area contributed by atoms with Crippen LogP contribution in [-0.2, 0) is 11.3 Å². The van der Waals surface area contributed by atoms with Crippen LogP contribution in [0.25, 0.3) is 22.8 Å². The summed E-state index contributed by atoms with van der Waals surface area (Å²) in [7, 11) is 4.65. The van der Waals surface area contributed by atoms with Gasteiger partial charge in [0.25, 0.3) is 5.89 Å². The molecule has 2 aromatic carbocycles. The molecule has 0 saturated carbocycles. The zero-order valence-corrected chi connectivity index (χ0v) is 20.4. The average molecular weight is 494 g/mol. The quantitative estimate of drug-likeness (QED) is 0.300. The topological polar surface area (TPSA) is 152 Å². The van der Waals surface area contributed by atoms with Crippen molar-refractivity contribution in [1.82, 2.24) is 19.9 Å². The minimum atomic E-state index is -0.366. The lowest BCUT2D eigenvalue weighted by molar-refractivity contribution is -0.116. The van der Waals surface area contributed by atoms with Gasteiger partial charge in [0, 0.05) is 18.2 Å². The SMILES string of the molecule is CCNc1nn(CC(=O)Nc2cc(OC)ccc2OC)c(N)c1-c1nc(-c2ccc(OC)cc2)no1. The van der Waals surface area contributed by atoms with Crippen LogP contribution in [0.1, 0.15) is 6.92 Å². The second-order valence-electron chi connectivity index (χ2n) is 7.56. The number of aromatic nitrogens is 4. The maximum absolute atomic E-state index is 12.9. The van der Waals surface area contributed by atoms with E-state index in [-0.39, 0.29) is 24.2 Å². The summed E-state index contributed by atoms with van der Waals surface area (Å²) in [4.78, 5) is 17.3. The molecule has 0 aliphatic heterocycles. The Morgan fingerprint density at radius 2 is 1.78 bits per heavy atom. The van der Waals surface area contributed by atoms with Gasteiger partial charge in [-0.1, -0.05) is 5.16 Å². The largest absolute Gasteiger partial charge is 0.497 e. The number of nitrogens with one attached hydrogen (secondary N) is 2. The van der Waals surface area contributed by atoms with Gasteiger partial charge in [-0.2, -0.15) is 10.1 Å². The molecule has 0 saturated heterocycles. The minimum absolute atomic E-state index is 0.163. The number of ether oxygens (including phenoxy) is 3. The molecule has 36 heavy (non-hydrogen) atoms. The summed E-state index contributed by atoms with van der Waals surface area (Å²) in [5.41, 5.74) is 8.00. The Hall–Kier alpha value is -4.74. The number of carbonyl (C=O) groups is 1. The zero-order chi connectivity index (χ0) is 25.7. The number of rotatable bonds is 10. The molecule has 0 atom stereocenters. The molecule has 0 unspecified atom stereocenters. The van der Waals surface area contributed by atoms with Gasteiger partial charge in [0.15, 0.2) is 5.82 Å². The summed E-state index contributed by atoms with van der Waals surface area (Å²) in [6.07, 6.45) is 0. The smallest absolute Gasteiger partial charge is 0.265 e. The highest BCUT2D eigenvalue weighted by atomic mass is 16.5. The third-order valence-electron chi connectivity index (χ3n) is 5.30. The molecule has 0 radical (unpaired) electrons. The number of nitrogens with zero attached hydrogens (tertiary/aromatic N) is 4. The number of hydrogen-bond donors (Lipinski definition) is 3. The van der Waals surface area contributed by atoms with Crippen molar-refractivity contribution in [2.75, 3.05) is 44.2 Å². The zero-order valence-electron chi connectivity index (χ0n) is 20.4. The third-order valence-corrected chi connectivity index (χ3v) is 5.30. The fraction of sp³-hybridized carbons (Fsp3) is 0.250. The molecule has 0 spiro atoms. The first kappa shape index (κ1) is 24.4. The Morgan fingerprint density at radius 3 is 2.44 bits per heavy atom. The Kier molecular flexibility index (Phi) is 7.23. The van der Waals surface area contributed by atoms with Gasteiger partial charge >= 0.3 is 0 Å². The highest BCUT2D eigenvalue weighted by Crippen LogP contribution is 2.34. The number of methoxy groups -OCH3 is 3. The van der Waals surface area contributed by atoms with Crippen molar-refractivity contribution in [3.63, 3.8) is 0 Å². The van der Waals surface area contributed by atoms with E-state index in [0.717, 1.165) is 5.56 Å². The van der Waals surface area contributed by atoms with Crippen LogP contribution in [0.15, 0.2) is 47.0 Å². The average Bonchev–Trinajstić information content (AvgIpc) is 3.48. The van der Waals surface area contributed by atoms with Crippen LogP contribution in [-0.4, -0.2) is 53.7 Å². The van der Waals surface area contributed by atoms with Crippen molar-refractivity contribution < 1.29 is 23.5 Å². The van der Waals surface area contributed by atoms with Gasteiger partial charge in [0.2, 0.25) is 11.7 Å². The highest BCUT2D eigenvalue weighted by Gasteiger charge is 2.24. The van der Waals surface area contributed by atoms with E-state index in [4.69, 9.17) is 24.5 Å². The summed E-state index contributed by atoms with van der Waals surface area (Å²) in [5, 5.41) is 14.5. The first-order chi connectivity index (χ1) is 17.5. The van der Waals surface area contributed by atoms with Crippen molar-refractivity contribution >= 4 is 23.2 Å². The normalized spacial score (nSPS) is 10.7. The van der Waals surface area contributed by atoms with E-state index in [0.29, 0.717) is 46.7 Å². The van der Waals surface area contributed by atoms with E-state index in [1.54, 1.807) is 44.6 Å². The fourth-order valence-corrected chi connectivity index (χ4v) is 3.52. The molecule has 12 nitrogen and oxygen atoms in total. The Labute approximate surface area is 207 Å². The van der Waals surface area contributed by atoms with E-state index in [2.05, 4.69) is 25.9 Å². The lowest BCUT2D eigenvalue weighted by Gasteiger charge is -2.12. The summed E-state index contributed by atoms with van der Waals surface area (Å²) in [6.45, 7) is 2.32. The Balaban J connectivity index is 1.59. The molecule has 0 bridgehead atoms. The van der Waals surface area contributed by atoms with Crippen LogP contribution in [0.3, 0.4) is 0 Å². The van der Waals surface area contributed by atoms with Crippen molar-refractivity contribution in [3.05, 3.63) is 42.5 Å². The predicted molar refractivity (Wildman–Crippen MR) is 134 cm³/mol. The van der Waals surface area contributed by atoms with Gasteiger partial charge in [-0.25, -0.2) is 4.68 Å². The van der Waals surface area contributed by atoms with E-state index in [9.17, 15) is 4.79 Å². The highest BCUT2D eigenvalue weighted by molar-refractivity contribution is 5.93. The maximum atomic E-state index is 12.9. The van der Waals surface area contributed by atoms with Crippen LogP contribution < -0.4 is 30.6 Å². The molecule has 188 valence electrons. The summed E-state index contributed by atoms with van der Waals surface area (Å²) < 4.78 is 22.6. The van der Waals surface area contributed by atoms with Crippen molar-refractivity contribution in [2.24, 2.45) is 0 Å². The molecule has 4 rings (SSSR count). The number of amides is 1. The van der Waals surface area contributed by atoms with Gasteiger partial charge in [-0.15, -0.1) is 0 Å². The Morgan fingerprint density at radius 1 is 1.06 bits per heavy atom. The molecule has 2 heterocycles. The van der Waals surface area contributed by atoms with Crippen LogP contribution in [0.4, 0.5) is 17.3 Å². The fourth-order valence-electron chi connectivity index (χ4n) is 3.52. The number of hydrogen-bond acceptors (Lipinski definition) is 10. The summed E-state index contributed by atoms with van der Waals surface area (Å²) in [5.74, 6) is 2.59. The van der Waals surface area contributed by atoms with E-state index < -0.39 is 0 Å². The van der Waals surface area contributed by atoms with Gasteiger partial charge in [-0.3, -0.25) is 4.79 Å². The third kappa shape index (κ3) is 5.02. The van der Waals surface area contributed by atoms with Crippen LogP contribution in [0, 0.1) is 0 Å². The summed E-state index contributed by atoms with van der Waals surface area (Å²) in [6, 6.07) is 12.4. The molecular weight excluding hydrogens is 466 g/mol. The molecule has 4 aromatic rings. The first-order valence-electron chi connectivity index (χ1n) is 11.1. The Bertz CT molecular complexity index is 1350. The van der Waals surface area contributed by atoms with E-state index in [1.165, 1.54) is 11.8 Å². The van der Waals surface area contributed by atoms with E-state index in [1.807, 2.05) is 19.1 Å². The van der Waals surface area contributed by atoms with Gasteiger partial charge in [-0.05, 0) is 43.3 Å². The molecule has 4 N–H and O–H groups in total. The standard InChI is InChI=1S/C24H27N7O5/c1-5-26-23-20(24-28-22(30-36-24)14-6-8-15(33-2)9-7-14)21(25)31(29-23)13-19(32)27-17-12-16(34-3)10-11-18(17)35-4/h6-12H,5,13,25H2,1-4H3,(H,26,29)(H,27,32). The number of carbonyl (C=O) groups excluding carboxylic acids is 1. The van der Waals surface area contributed by atoms with Gasteiger partial charge < -0.3 is 35.1 Å². The first-order valence-corrected chi connectivity index (χ1v) is 11.1. The second-order valence-corrected chi connectivity index (χ2v) is 7.56. The van der Waals surface area contributed by atoms with Gasteiger partial charge in [0.1, 0.15) is 35.2 Å². The summed E-state index contributed by atoms with van der Waals surface area (Å²) >= 11 is 0. The lowest BCUT2D eigenvalue weighted by atomic mass is 10.2. The van der Waals surface area contributed by atoms with Crippen molar-refractivity contribution in [2.45, 2.75) is 13.5 Å². The van der Waals surface area contributed by atoms with Crippen LogP contribution >= 0.6 is 0 Å². The molecule has 1 amide bonds. The van der Waals surface area contributed by atoms with Crippen molar-refractivity contribution in [1.29, 1.82) is 0 Å². The minimum Gasteiger partial charge on any atom is -0.497 e. The molecule has 12 heteroatoms. The van der Waals surface area contributed by atoms with Crippen molar-refractivity contribution in [3.8, 4) is 40.1 Å². The molecule has 0 aliphatic carbocycles. The lowest BCUT2D eigenvalue weighted by Crippen LogP contribution is -2.21. The number of nitrogen functional groups attached to an aromatic ring is 1. The molecule has 0 aliphatic rings. The molecule has 0 fully saturated rings. The van der Waals surface area contributed by atoms with Crippen LogP contribution in [0.2, 0.25) is 0 Å². The van der Waals surface area contributed by atoms with Crippen LogP contribution in [0.5, 0.6) is 17.2 Å². The monoisotopic (exact) mass is 493 g/mol. The number of anilines is 3. The second kappa shape index (κ2) is 10.7. The maximum Gasteiger partial charge on any atom is 0.265 e.